The maximum Gasteiger partial charge on any atom is 0.505 e. The van der Waals surface area contributed by atoms with Gasteiger partial charge in [-0.3, -0.25) is 0 Å². The third-order valence-corrected chi connectivity index (χ3v) is 39.2. The van der Waals surface area contributed by atoms with Crippen LogP contribution in [0.1, 0.15) is 117 Å². The Hall–Kier alpha value is -10.7. The van der Waals surface area contributed by atoms with E-state index in [2.05, 4.69) is 385 Å². The Kier molecular flexibility index (Phi) is 26.5. The van der Waals surface area contributed by atoms with Crippen molar-refractivity contribution in [1.29, 1.82) is 0 Å². The molecular weight excluding hydrogens is 1960 g/mol. The summed E-state index contributed by atoms with van der Waals surface area (Å²) >= 11 is 17.6. The molecule has 10 nitrogen and oxygen atoms in total. The average molecular weight is 2080 g/mol. The van der Waals surface area contributed by atoms with Crippen molar-refractivity contribution in [3.05, 3.63) is 346 Å². The molecule has 3 aliphatic rings. The Balaban J connectivity index is 0.000000142. The number of nitrogens with zero attached hydrogens (tertiary/aromatic N) is 4. The van der Waals surface area contributed by atoms with Crippen LogP contribution < -0.4 is 75.3 Å². The Morgan fingerprint density at radius 3 is 0.899 bits per heavy atom. The van der Waals surface area contributed by atoms with E-state index < -0.39 is 12.6 Å². The number of benzene rings is 10. The summed E-state index contributed by atoms with van der Waals surface area (Å²) < 4.78 is 42.2. The lowest BCUT2D eigenvalue weighted by Crippen LogP contribution is -2.84. The lowest BCUT2D eigenvalue weighted by atomic mass is 9.23. The molecule has 18 aromatic rings. The fourth-order valence-corrected chi connectivity index (χ4v) is 32.8. The summed E-state index contributed by atoms with van der Waals surface area (Å²) in [4.78, 5) is 17.8. The molecule has 8 aromatic heterocycles. The number of ether oxygens (including phenoxy) is 4. The number of rotatable bonds is 20. The molecular formula is C116H114B3IN4O6S8. The minimum atomic E-state index is -1.50. The quantitative estimate of drug-likeness (QED) is 0.0552. The van der Waals surface area contributed by atoms with E-state index in [4.69, 9.17) is 28.3 Å². The van der Waals surface area contributed by atoms with E-state index in [0.29, 0.717) is 0 Å². The minimum Gasteiger partial charge on any atom is -0.497 e. The zero-order valence-electron chi connectivity index (χ0n) is 82.9. The van der Waals surface area contributed by atoms with Crippen LogP contribution in [0, 0.1) is 114 Å². The molecule has 0 spiro atoms. The van der Waals surface area contributed by atoms with Gasteiger partial charge in [0.1, 0.15) is 35.4 Å². The molecule has 0 amide bonds. The molecule has 0 radical (unpaired) electrons. The molecule has 11 heterocycles. The minimum absolute atomic E-state index is 0.343. The highest BCUT2D eigenvalue weighted by atomic mass is 127. The summed E-state index contributed by atoms with van der Waals surface area (Å²) in [6.45, 7) is 44.7. The van der Waals surface area contributed by atoms with Crippen LogP contribution in [0.4, 0.5) is 34.1 Å². The molecule has 0 aliphatic carbocycles. The van der Waals surface area contributed by atoms with Crippen molar-refractivity contribution < 1.29 is 37.2 Å². The van der Waals surface area contributed by atoms with Crippen LogP contribution in [-0.2, 0) is 9.31 Å². The van der Waals surface area contributed by atoms with Crippen molar-refractivity contribution in [3.8, 4) is 92.9 Å². The zero-order chi connectivity index (χ0) is 97.2. The second-order valence-electron chi connectivity index (χ2n) is 38.5. The van der Waals surface area contributed by atoms with E-state index >= 15 is 0 Å². The molecule has 22 heteroatoms. The van der Waals surface area contributed by atoms with Gasteiger partial charge in [-0.15, -0.1) is 101 Å². The van der Waals surface area contributed by atoms with E-state index in [1.165, 1.54) is 195 Å². The van der Waals surface area contributed by atoms with Gasteiger partial charge in [0.2, 0.25) is 10.0 Å². The highest BCUT2D eigenvalue weighted by molar-refractivity contribution is 14.1. The number of anilines is 6. The molecule has 0 bridgehead atoms. The first-order chi connectivity index (χ1) is 66.1. The maximum absolute atomic E-state index is 6.35. The van der Waals surface area contributed by atoms with Gasteiger partial charge in [-0.25, -0.2) is 0 Å². The van der Waals surface area contributed by atoms with Crippen molar-refractivity contribution in [2.24, 2.45) is 0 Å². The van der Waals surface area contributed by atoms with Crippen LogP contribution in [-0.4, -0.2) is 59.3 Å². The highest BCUT2D eigenvalue weighted by Gasteiger charge is 2.57. The van der Waals surface area contributed by atoms with Gasteiger partial charge in [0.25, 0.3) is 0 Å². The monoisotopic (exact) mass is 2070 g/mol. The number of hydrogen-bond acceptors (Lipinski definition) is 16. The van der Waals surface area contributed by atoms with Crippen LogP contribution in [0.2, 0.25) is 0 Å². The van der Waals surface area contributed by atoms with Crippen molar-refractivity contribution in [1.82, 2.24) is 0 Å². The summed E-state index contributed by atoms with van der Waals surface area (Å²) in [7, 11) is 6.43. The number of methoxy groups -OCH3 is 4. The van der Waals surface area contributed by atoms with Crippen molar-refractivity contribution in [3.63, 3.8) is 0 Å². The van der Waals surface area contributed by atoms with Crippen LogP contribution >= 0.6 is 113 Å². The SMILES string of the molecule is COc1ccc(N(c2ccc(OC)cc2)c2ccc(-c3sc(-c4sc(-c5cc6c(s5)-c5scc[n+]5[B-]6(c5c(C)cc(C)cc5C)c5c(C)cc(C)cc5C)cc4C)cc3C)cc2)cc1.COc1ccc(N(c2ccc(OC)cc2)c2ccc(-c3sc(-c4sc(B5OC(C)(C)C(C)(C)O5)cc4C)cc3C)cc2)cc1.Cc1cc(C)c([B-]2(c3c(C)cc(C)cc3C)c3cc(I)sc3-c3scc[n+]32)c(C)c1. The number of thiophene rings is 6. The van der Waals surface area contributed by atoms with Gasteiger partial charge >= 0.3 is 19.7 Å². The number of halogens is 1. The maximum atomic E-state index is 6.35. The number of hydrogen-bond donors (Lipinski definition) is 0. The highest BCUT2D eigenvalue weighted by Crippen LogP contribution is 2.51. The molecule has 3 aliphatic heterocycles. The van der Waals surface area contributed by atoms with Crippen LogP contribution in [0.5, 0.6) is 23.0 Å². The molecule has 1 fully saturated rings. The molecule has 138 heavy (non-hydrogen) atoms. The summed E-state index contributed by atoms with van der Waals surface area (Å²) in [5, 5.41) is 7.32. The van der Waals surface area contributed by atoms with E-state index in [9.17, 15) is 0 Å². The van der Waals surface area contributed by atoms with Gasteiger partial charge in [-0.05, 0) is 340 Å². The average Bonchev–Trinajstić information content (AvgIpc) is 1.52. The molecule has 0 atom stereocenters. The van der Waals surface area contributed by atoms with Gasteiger partial charge in [-0.1, -0.05) is 174 Å². The summed E-state index contributed by atoms with van der Waals surface area (Å²) in [5.41, 5.74) is 38.4. The smallest absolute Gasteiger partial charge is 0.497 e. The van der Waals surface area contributed by atoms with Gasteiger partial charge in [0.05, 0.1) is 63.0 Å². The predicted octanol–water partition coefficient (Wildman–Crippen LogP) is 28.3. The summed E-state index contributed by atoms with van der Waals surface area (Å²) in [6, 6.07) is 83.9. The Labute approximate surface area is 860 Å². The summed E-state index contributed by atoms with van der Waals surface area (Å²) in [6.07, 6.45) is 1.91. The molecule has 0 unspecified atom stereocenters. The third-order valence-electron chi connectivity index (χ3n) is 28.5. The fourth-order valence-electron chi connectivity index (χ4n) is 22.3. The standard InChI is InChI=1S/C55H51BN2O2S4.C36H38BNO4S2.C25H25BINS2/c1-32-25-34(3)50(35(4)26-32)56(51-36(5)27-33(2)28-37(51)6)46-31-48(63-54(46)55-57(56)23-24-61-55)47-29-39(8)53(62-47)49-30-38(7)52(64-49)40-11-13-41(14-12-40)58(42-15-19-44(59-9)20-16-42)43-17-21-45(60-10)22-18-43;1-23-21-31(34-24(2)22-32(44-34)37-41-35(3,4)36(5,6)42-37)43-33(23)25-9-11-26(12-10-25)38(27-13-17-29(39-7)18-14-27)28-15-19-30(40-8)20-16-28;1-14-9-16(3)22(17(4)10-14)26(23-18(5)11-15(2)12-19(23)6)20-13-21(27)30-24(20)25-28(26)7-8-29-25/h11-31H,1-10H3;9-22H,1-8H3;7-13H,1-6H3. The van der Waals surface area contributed by atoms with E-state index in [-0.39, 0.29) is 18.3 Å². The zero-order valence-corrected chi connectivity index (χ0v) is 91.6. The molecule has 10 aromatic carbocycles. The van der Waals surface area contributed by atoms with Gasteiger partial charge in [0.15, 0.2) is 0 Å². The van der Waals surface area contributed by atoms with E-state index in [0.717, 1.165) is 61.9 Å². The molecule has 21 rings (SSSR count). The van der Waals surface area contributed by atoms with E-state index in [1.54, 1.807) is 39.8 Å². The normalized spacial score (nSPS) is 13.8. The van der Waals surface area contributed by atoms with Crippen molar-refractivity contribution in [2.45, 2.75) is 150 Å². The fraction of sp³-hybridized carbons (Fsp3) is 0.224. The summed E-state index contributed by atoms with van der Waals surface area (Å²) in [5.74, 6) is 3.31. The first kappa shape index (κ1) is 96.2. The van der Waals surface area contributed by atoms with Crippen molar-refractivity contribution >= 4 is 205 Å². The Bertz CT molecular complexity index is 7360. The second-order valence-corrected chi connectivity index (χ2v) is 48.6. The van der Waals surface area contributed by atoms with E-state index in [1.807, 2.05) is 128 Å². The third kappa shape index (κ3) is 17.1. The first-order valence-corrected chi connectivity index (χ1v) is 54.6. The van der Waals surface area contributed by atoms with Gasteiger partial charge in [-0.2, -0.15) is 0 Å². The number of fused-ring (bicyclic) bond motifs is 6. The van der Waals surface area contributed by atoms with Gasteiger partial charge < -0.3 is 47.0 Å². The number of aryl methyl sites for hydroxylation is 16. The van der Waals surface area contributed by atoms with Crippen molar-refractivity contribution in [2.75, 3.05) is 38.2 Å². The number of aromatic nitrogens is 2. The molecule has 1 saturated heterocycles. The van der Waals surface area contributed by atoms with Gasteiger partial charge in [0, 0.05) is 77.9 Å². The largest absolute Gasteiger partial charge is 0.505 e. The number of thiazole rings is 2. The molecule has 698 valence electrons. The lowest BCUT2D eigenvalue weighted by Gasteiger charge is -2.37. The van der Waals surface area contributed by atoms with Crippen LogP contribution in [0.25, 0.3) is 69.9 Å². The molecule has 0 N–H and O–H groups in total. The van der Waals surface area contributed by atoms with Crippen LogP contribution in [0.3, 0.4) is 0 Å². The lowest BCUT2D eigenvalue weighted by molar-refractivity contribution is -0.519. The van der Waals surface area contributed by atoms with Crippen LogP contribution in [0.15, 0.2) is 254 Å². The topological polar surface area (TPSA) is 69.6 Å². The first-order valence-electron chi connectivity index (χ1n) is 46.9. The second kappa shape index (κ2) is 38.0. The molecule has 0 saturated carbocycles. The Morgan fingerprint density at radius 2 is 0.565 bits per heavy atom. The predicted molar refractivity (Wildman–Crippen MR) is 606 cm³/mol. The Morgan fingerprint density at radius 1 is 0.297 bits per heavy atom.